The van der Waals surface area contributed by atoms with Crippen molar-refractivity contribution in [1.82, 2.24) is 10.2 Å². The van der Waals surface area contributed by atoms with E-state index in [4.69, 9.17) is 0 Å². The summed E-state index contributed by atoms with van der Waals surface area (Å²) in [6.45, 7) is 13.7. The Bertz CT molecular complexity index is 344. The highest BCUT2D eigenvalue weighted by Crippen LogP contribution is 2.23. The quantitative estimate of drug-likeness (QED) is 0.812. The molecule has 2 amide bonds. The summed E-state index contributed by atoms with van der Waals surface area (Å²) in [6, 6.07) is -0.346. The van der Waals surface area contributed by atoms with Crippen LogP contribution in [-0.4, -0.2) is 35.8 Å². The van der Waals surface area contributed by atoms with E-state index in [9.17, 15) is 9.59 Å². The highest BCUT2D eigenvalue weighted by Gasteiger charge is 2.36. The van der Waals surface area contributed by atoms with E-state index in [1.807, 2.05) is 13.8 Å². The molecule has 0 aromatic carbocycles. The molecule has 1 heterocycles. The molecule has 1 saturated heterocycles. The van der Waals surface area contributed by atoms with E-state index in [0.29, 0.717) is 24.3 Å². The summed E-state index contributed by atoms with van der Waals surface area (Å²) < 4.78 is 0. The Labute approximate surface area is 123 Å². The standard InChI is InChI=1S/C16H30N2O2/c1-7-12(6)15-16(20)18(9-14(19)17-15)8-13(10(2)3)11(4)5/h10-13,15H,7-9H2,1-6H3,(H,17,19). The molecule has 4 nitrogen and oxygen atoms in total. The van der Waals surface area contributed by atoms with Crippen LogP contribution in [0.5, 0.6) is 0 Å². The lowest BCUT2D eigenvalue weighted by Crippen LogP contribution is -2.61. The van der Waals surface area contributed by atoms with E-state index in [2.05, 4.69) is 33.0 Å². The maximum absolute atomic E-state index is 12.6. The monoisotopic (exact) mass is 282 g/mol. The van der Waals surface area contributed by atoms with Crippen molar-refractivity contribution in [3.05, 3.63) is 0 Å². The van der Waals surface area contributed by atoms with Crippen LogP contribution in [0, 0.1) is 23.7 Å². The summed E-state index contributed by atoms with van der Waals surface area (Å²) in [5.74, 6) is 1.70. The summed E-state index contributed by atoms with van der Waals surface area (Å²) in [7, 11) is 0. The predicted molar refractivity (Wildman–Crippen MR) is 81.1 cm³/mol. The number of hydrogen-bond acceptors (Lipinski definition) is 2. The van der Waals surface area contributed by atoms with Gasteiger partial charge in [-0.3, -0.25) is 9.59 Å². The number of hydrogen-bond donors (Lipinski definition) is 1. The second-order valence-electron chi connectivity index (χ2n) is 6.80. The third kappa shape index (κ3) is 3.97. The Kier molecular flexibility index (Phi) is 6.03. The minimum absolute atomic E-state index is 0.0267. The van der Waals surface area contributed by atoms with Gasteiger partial charge in [0, 0.05) is 6.54 Å². The Morgan fingerprint density at radius 2 is 1.70 bits per heavy atom. The number of rotatable bonds is 6. The first kappa shape index (κ1) is 17.0. The summed E-state index contributed by atoms with van der Waals surface area (Å²) in [5.41, 5.74) is 0. The summed E-state index contributed by atoms with van der Waals surface area (Å²) in [4.78, 5) is 26.2. The average Bonchev–Trinajstić information content (AvgIpc) is 2.37. The van der Waals surface area contributed by atoms with Crippen LogP contribution >= 0.6 is 0 Å². The molecule has 20 heavy (non-hydrogen) atoms. The minimum atomic E-state index is -0.346. The number of amides is 2. The van der Waals surface area contributed by atoms with Crippen LogP contribution in [-0.2, 0) is 9.59 Å². The van der Waals surface area contributed by atoms with Gasteiger partial charge < -0.3 is 10.2 Å². The van der Waals surface area contributed by atoms with Gasteiger partial charge in [0.15, 0.2) is 0 Å². The second kappa shape index (κ2) is 7.09. The van der Waals surface area contributed by atoms with Crippen molar-refractivity contribution in [2.75, 3.05) is 13.1 Å². The number of nitrogens with zero attached hydrogens (tertiary/aromatic N) is 1. The lowest BCUT2D eigenvalue weighted by Gasteiger charge is -2.38. The van der Waals surface area contributed by atoms with Crippen molar-refractivity contribution >= 4 is 11.8 Å². The molecule has 1 fully saturated rings. The molecule has 0 bridgehead atoms. The molecule has 116 valence electrons. The zero-order chi connectivity index (χ0) is 15.4. The van der Waals surface area contributed by atoms with Gasteiger partial charge in [-0.2, -0.15) is 0 Å². The maximum Gasteiger partial charge on any atom is 0.245 e. The maximum atomic E-state index is 12.6. The fraction of sp³-hybridized carbons (Fsp3) is 0.875. The molecule has 0 radical (unpaired) electrons. The molecule has 2 unspecified atom stereocenters. The topological polar surface area (TPSA) is 49.4 Å². The van der Waals surface area contributed by atoms with Crippen LogP contribution in [0.15, 0.2) is 0 Å². The third-order valence-electron chi connectivity index (χ3n) is 4.59. The first-order chi connectivity index (χ1) is 9.27. The first-order valence-corrected chi connectivity index (χ1v) is 7.86. The Morgan fingerprint density at radius 3 is 2.15 bits per heavy atom. The van der Waals surface area contributed by atoms with Crippen LogP contribution in [0.4, 0.5) is 0 Å². The van der Waals surface area contributed by atoms with Gasteiger partial charge in [-0.05, 0) is 23.7 Å². The van der Waals surface area contributed by atoms with Gasteiger partial charge in [0.25, 0.3) is 0 Å². The predicted octanol–water partition coefficient (Wildman–Crippen LogP) is 2.29. The Balaban J connectivity index is 2.82. The van der Waals surface area contributed by atoms with Crippen LogP contribution < -0.4 is 5.32 Å². The van der Waals surface area contributed by atoms with E-state index < -0.39 is 0 Å². The fourth-order valence-electron chi connectivity index (χ4n) is 2.95. The van der Waals surface area contributed by atoms with Crippen molar-refractivity contribution < 1.29 is 9.59 Å². The van der Waals surface area contributed by atoms with Crippen LogP contribution in [0.3, 0.4) is 0 Å². The largest absolute Gasteiger partial charge is 0.342 e. The van der Waals surface area contributed by atoms with Gasteiger partial charge in [0.1, 0.15) is 6.04 Å². The number of piperazine rings is 1. The zero-order valence-electron chi connectivity index (χ0n) is 13.8. The van der Waals surface area contributed by atoms with E-state index in [-0.39, 0.29) is 30.3 Å². The van der Waals surface area contributed by atoms with Crippen molar-refractivity contribution in [1.29, 1.82) is 0 Å². The minimum Gasteiger partial charge on any atom is -0.342 e. The fourth-order valence-corrected chi connectivity index (χ4v) is 2.95. The van der Waals surface area contributed by atoms with E-state index >= 15 is 0 Å². The van der Waals surface area contributed by atoms with Crippen LogP contribution in [0.1, 0.15) is 48.0 Å². The van der Waals surface area contributed by atoms with Crippen molar-refractivity contribution in [2.45, 2.75) is 54.0 Å². The molecule has 0 aromatic heterocycles. The third-order valence-corrected chi connectivity index (χ3v) is 4.59. The van der Waals surface area contributed by atoms with Gasteiger partial charge in [0.05, 0.1) is 6.54 Å². The molecular weight excluding hydrogens is 252 g/mol. The number of carbonyl (C=O) groups excluding carboxylic acids is 2. The molecule has 0 spiro atoms. The Hall–Kier alpha value is -1.06. The lowest BCUT2D eigenvalue weighted by atomic mass is 9.84. The van der Waals surface area contributed by atoms with Gasteiger partial charge in [-0.15, -0.1) is 0 Å². The average molecular weight is 282 g/mol. The number of carbonyl (C=O) groups is 2. The number of nitrogens with one attached hydrogen (secondary N) is 1. The molecule has 1 aliphatic rings. The normalized spacial score (nSPS) is 21.9. The molecule has 0 saturated carbocycles. The molecular formula is C16H30N2O2. The van der Waals surface area contributed by atoms with Gasteiger partial charge in [0.2, 0.25) is 11.8 Å². The molecule has 0 aliphatic carbocycles. The SMILES string of the molecule is CCC(C)C1NC(=O)CN(CC(C(C)C)C(C)C)C1=O. The first-order valence-electron chi connectivity index (χ1n) is 7.86. The molecule has 1 N–H and O–H groups in total. The van der Waals surface area contributed by atoms with Crippen LogP contribution in [0.2, 0.25) is 0 Å². The van der Waals surface area contributed by atoms with Crippen molar-refractivity contribution in [3.8, 4) is 0 Å². The highest BCUT2D eigenvalue weighted by molar-refractivity contribution is 5.95. The summed E-state index contributed by atoms with van der Waals surface area (Å²) >= 11 is 0. The van der Waals surface area contributed by atoms with Crippen molar-refractivity contribution in [3.63, 3.8) is 0 Å². The van der Waals surface area contributed by atoms with Gasteiger partial charge >= 0.3 is 0 Å². The second-order valence-corrected chi connectivity index (χ2v) is 6.80. The smallest absolute Gasteiger partial charge is 0.245 e. The molecule has 1 rings (SSSR count). The Morgan fingerprint density at radius 1 is 1.15 bits per heavy atom. The molecule has 4 heteroatoms. The van der Waals surface area contributed by atoms with E-state index in [1.165, 1.54) is 0 Å². The lowest BCUT2D eigenvalue weighted by molar-refractivity contribution is -0.146. The van der Waals surface area contributed by atoms with Gasteiger partial charge in [-0.1, -0.05) is 48.0 Å². The molecule has 1 aliphatic heterocycles. The van der Waals surface area contributed by atoms with Gasteiger partial charge in [-0.25, -0.2) is 0 Å². The van der Waals surface area contributed by atoms with Crippen LogP contribution in [0.25, 0.3) is 0 Å². The molecule has 0 aromatic rings. The van der Waals surface area contributed by atoms with Crippen molar-refractivity contribution in [2.24, 2.45) is 23.7 Å². The highest BCUT2D eigenvalue weighted by atomic mass is 16.2. The summed E-state index contributed by atoms with van der Waals surface area (Å²) in [6.07, 6.45) is 0.891. The van der Waals surface area contributed by atoms with E-state index in [0.717, 1.165) is 6.42 Å². The zero-order valence-corrected chi connectivity index (χ0v) is 13.8. The molecule has 2 atom stereocenters. The van der Waals surface area contributed by atoms with E-state index in [1.54, 1.807) is 4.90 Å². The summed E-state index contributed by atoms with van der Waals surface area (Å²) in [5, 5.41) is 2.85.